The van der Waals surface area contributed by atoms with Crippen molar-refractivity contribution in [3.8, 4) is 0 Å². The van der Waals surface area contributed by atoms with Crippen LogP contribution >= 0.6 is 0 Å². The zero-order valence-corrected chi connectivity index (χ0v) is 10.00. The summed E-state index contributed by atoms with van der Waals surface area (Å²) in [5.41, 5.74) is 0. The van der Waals surface area contributed by atoms with Crippen LogP contribution in [0.25, 0.3) is 0 Å². The van der Waals surface area contributed by atoms with E-state index < -0.39 is 0 Å². The van der Waals surface area contributed by atoms with Gasteiger partial charge in [0.15, 0.2) is 0 Å². The van der Waals surface area contributed by atoms with Gasteiger partial charge in [0.05, 0.1) is 12.6 Å². The standard InChI is InChI=1S/C12H22N2O2/c1-9-2-4-13-11(6-9)12(15)14-7-10-3-5-16-8-10/h9-11,13H,2-8H2,1H3,(H,14,15). The molecule has 16 heavy (non-hydrogen) atoms. The molecule has 3 atom stereocenters. The molecule has 2 saturated heterocycles. The normalized spacial score (nSPS) is 34.9. The first-order valence-corrected chi connectivity index (χ1v) is 6.34. The lowest BCUT2D eigenvalue weighted by Gasteiger charge is -2.27. The van der Waals surface area contributed by atoms with Gasteiger partial charge in [-0.1, -0.05) is 6.92 Å². The van der Waals surface area contributed by atoms with Crippen molar-refractivity contribution in [2.45, 2.75) is 32.2 Å². The van der Waals surface area contributed by atoms with Gasteiger partial charge >= 0.3 is 0 Å². The molecule has 3 unspecified atom stereocenters. The Morgan fingerprint density at radius 2 is 2.38 bits per heavy atom. The maximum atomic E-state index is 11.9. The lowest BCUT2D eigenvalue weighted by Crippen LogP contribution is -2.49. The number of carbonyl (C=O) groups is 1. The van der Waals surface area contributed by atoms with Gasteiger partial charge < -0.3 is 15.4 Å². The monoisotopic (exact) mass is 226 g/mol. The predicted molar refractivity (Wildman–Crippen MR) is 62.1 cm³/mol. The van der Waals surface area contributed by atoms with E-state index in [2.05, 4.69) is 17.6 Å². The summed E-state index contributed by atoms with van der Waals surface area (Å²) in [7, 11) is 0. The fourth-order valence-electron chi connectivity index (χ4n) is 2.42. The van der Waals surface area contributed by atoms with E-state index in [1.807, 2.05) is 0 Å². The summed E-state index contributed by atoms with van der Waals surface area (Å²) in [6, 6.07) is 0.0195. The Hall–Kier alpha value is -0.610. The molecule has 0 aliphatic carbocycles. The molecule has 1 amide bonds. The minimum Gasteiger partial charge on any atom is -0.381 e. The summed E-state index contributed by atoms with van der Waals surface area (Å²) < 4.78 is 5.28. The number of piperidine rings is 1. The van der Waals surface area contributed by atoms with Crippen molar-refractivity contribution in [1.29, 1.82) is 0 Å². The first-order valence-electron chi connectivity index (χ1n) is 6.34. The van der Waals surface area contributed by atoms with Gasteiger partial charge in [0.2, 0.25) is 5.91 Å². The summed E-state index contributed by atoms with van der Waals surface area (Å²) in [4.78, 5) is 11.9. The molecule has 2 rings (SSSR count). The average Bonchev–Trinajstić information content (AvgIpc) is 2.78. The second kappa shape index (κ2) is 5.64. The van der Waals surface area contributed by atoms with Crippen molar-refractivity contribution in [3.05, 3.63) is 0 Å². The van der Waals surface area contributed by atoms with Crippen molar-refractivity contribution < 1.29 is 9.53 Å². The van der Waals surface area contributed by atoms with E-state index >= 15 is 0 Å². The Morgan fingerprint density at radius 1 is 1.50 bits per heavy atom. The second-order valence-corrected chi connectivity index (χ2v) is 5.11. The lowest BCUT2D eigenvalue weighted by atomic mass is 9.94. The maximum absolute atomic E-state index is 11.9. The number of ether oxygens (including phenoxy) is 1. The van der Waals surface area contributed by atoms with Crippen molar-refractivity contribution in [3.63, 3.8) is 0 Å². The summed E-state index contributed by atoms with van der Waals surface area (Å²) in [6.07, 6.45) is 3.22. The van der Waals surface area contributed by atoms with Crippen LogP contribution in [0.5, 0.6) is 0 Å². The molecule has 4 nitrogen and oxygen atoms in total. The van der Waals surface area contributed by atoms with Crippen molar-refractivity contribution in [2.75, 3.05) is 26.3 Å². The highest BCUT2D eigenvalue weighted by Crippen LogP contribution is 2.15. The van der Waals surface area contributed by atoms with Crippen LogP contribution in [-0.4, -0.2) is 38.3 Å². The first-order chi connectivity index (χ1) is 7.75. The molecular formula is C12H22N2O2. The van der Waals surface area contributed by atoms with E-state index in [9.17, 15) is 4.79 Å². The van der Waals surface area contributed by atoms with Gasteiger partial charge in [0.1, 0.15) is 0 Å². The summed E-state index contributed by atoms with van der Waals surface area (Å²) in [5, 5.41) is 6.31. The molecule has 4 heteroatoms. The van der Waals surface area contributed by atoms with Gasteiger partial charge in [-0.05, 0) is 31.7 Å². The predicted octanol–water partition coefficient (Wildman–Crippen LogP) is 0.527. The number of hydrogen-bond acceptors (Lipinski definition) is 3. The van der Waals surface area contributed by atoms with E-state index in [1.54, 1.807) is 0 Å². The molecule has 2 heterocycles. The molecule has 0 saturated carbocycles. The third-order valence-corrected chi connectivity index (χ3v) is 3.57. The van der Waals surface area contributed by atoms with E-state index in [1.165, 1.54) is 6.42 Å². The van der Waals surface area contributed by atoms with Crippen molar-refractivity contribution in [1.82, 2.24) is 10.6 Å². The molecule has 2 aliphatic heterocycles. The van der Waals surface area contributed by atoms with Crippen LogP contribution in [0.15, 0.2) is 0 Å². The first kappa shape index (κ1) is 11.9. The van der Waals surface area contributed by atoms with E-state index in [-0.39, 0.29) is 11.9 Å². The summed E-state index contributed by atoms with van der Waals surface area (Å²) in [5.74, 6) is 1.34. The third-order valence-electron chi connectivity index (χ3n) is 3.57. The largest absolute Gasteiger partial charge is 0.381 e. The van der Waals surface area contributed by atoms with Crippen molar-refractivity contribution in [2.24, 2.45) is 11.8 Å². The van der Waals surface area contributed by atoms with Crippen LogP contribution in [0.1, 0.15) is 26.2 Å². The van der Waals surface area contributed by atoms with Crippen LogP contribution in [0.3, 0.4) is 0 Å². The molecule has 2 fully saturated rings. The van der Waals surface area contributed by atoms with Crippen LogP contribution < -0.4 is 10.6 Å². The molecule has 0 aromatic rings. The highest BCUT2D eigenvalue weighted by molar-refractivity contribution is 5.81. The van der Waals surface area contributed by atoms with Gasteiger partial charge in [0, 0.05) is 19.1 Å². The Labute approximate surface area is 97.1 Å². The molecule has 0 radical (unpaired) electrons. The Morgan fingerprint density at radius 3 is 3.06 bits per heavy atom. The number of carbonyl (C=O) groups excluding carboxylic acids is 1. The SMILES string of the molecule is CC1CCNC(C(=O)NCC2CCOC2)C1. The minimum atomic E-state index is 0.0195. The van der Waals surface area contributed by atoms with Gasteiger partial charge in [-0.3, -0.25) is 4.79 Å². The number of nitrogens with one attached hydrogen (secondary N) is 2. The Bertz CT molecular complexity index is 239. The highest BCUT2D eigenvalue weighted by atomic mass is 16.5. The van der Waals surface area contributed by atoms with E-state index in [0.717, 1.165) is 39.1 Å². The molecular weight excluding hydrogens is 204 g/mol. The van der Waals surface area contributed by atoms with E-state index in [4.69, 9.17) is 4.74 Å². The molecule has 0 bridgehead atoms. The van der Waals surface area contributed by atoms with Crippen LogP contribution in [0, 0.1) is 11.8 Å². The average molecular weight is 226 g/mol. The molecule has 0 aromatic heterocycles. The quantitative estimate of drug-likeness (QED) is 0.738. The van der Waals surface area contributed by atoms with Crippen LogP contribution in [-0.2, 0) is 9.53 Å². The number of amides is 1. The van der Waals surface area contributed by atoms with Crippen molar-refractivity contribution >= 4 is 5.91 Å². The van der Waals surface area contributed by atoms with Gasteiger partial charge in [0.25, 0.3) is 0 Å². The minimum absolute atomic E-state index is 0.0195. The van der Waals surface area contributed by atoms with Gasteiger partial charge in [-0.2, -0.15) is 0 Å². The highest BCUT2D eigenvalue weighted by Gasteiger charge is 2.25. The number of rotatable bonds is 3. The molecule has 2 N–H and O–H groups in total. The summed E-state index contributed by atoms with van der Waals surface area (Å²) in [6.45, 7) is 5.59. The zero-order chi connectivity index (χ0) is 11.4. The van der Waals surface area contributed by atoms with Crippen LogP contribution in [0.4, 0.5) is 0 Å². The molecule has 92 valence electrons. The van der Waals surface area contributed by atoms with Gasteiger partial charge in [-0.25, -0.2) is 0 Å². The Kier molecular flexibility index (Phi) is 4.18. The third kappa shape index (κ3) is 3.19. The molecule has 2 aliphatic rings. The zero-order valence-electron chi connectivity index (χ0n) is 10.00. The second-order valence-electron chi connectivity index (χ2n) is 5.11. The summed E-state index contributed by atoms with van der Waals surface area (Å²) >= 11 is 0. The van der Waals surface area contributed by atoms with Crippen LogP contribution in [0.2, 0.25) is 0 Å². The molecule has 0 aromatic carbocycles. The maximum Gasteiger partial charge on any atom is 0.237 e. The lowest BCUT2D eigenvalue weighted by molar-refractivity contribution is -0.124. The fraction of sp³-hybridized carbons (Fsp3) is 0.917. The van der Waals surface area contributed by atoms with E-state index in [0.29, 0.717) is 11.8 Å². The number of hydrogen-bond donors (Lipinski definition) is 2. The fourth-order valence-corrected chi connectivity index (χ4v) is 2.42. The Balaban J connectivity index is 1.70. The topological polar surface area (TPSA) is 50.4 Å². The van der Waals surface area contributed by atoms with Gasteiger partial charge in [-0.15, -0.1) is 0 Å². The smallest absolute Gasteiger partial charge is 0.237 e. The molecule has 0 spiro atoms.